The number of furan rings is 1. The fraction of sp³-hybridized carbons (Fsp3) is 0.158. The Morgan fingerprint density at radius 2 is 2.12 bits per heavy atom. The van der Waals surface area contributed by atoms with Crippen LogP contribution in [0.2, 0.25) is 0 Å². The molecule has 0 aliphatic heterocycles. The molecule has 0 saturated heterocycles. The number of carbonyl (C=O) groups excluding carboxylic acids is 1. The van der Waals surface area contributed by atoms with Crippen LogP contribution in [-0.4, -0.2) is 30.9 Å². The first-order chi connectivity index (χ1) is 12.6. The number of hydrazone groups is 1. The van der Waals surface area contributed by atoms with Gasteiger partial charge in [0.1, 0.15) is 11.3 Å². The molecule has 1 heterocycles. The van der Waals surface area contributed by atoms with Gasteiger partial charge in [-0.3, -0.25) is 4.79 Å². The second-order valence-corrected chi connectivity index (χ2v) is 5.37. The summed E-state index contributed by atoms with van der Waals surface area (Å²) in [4.78, 5) is 12.2. The molecule has 1 amide bonds. The van der Waals surface area contributed by atoms with E-state index in [0.29, 0.717) is 29.3 Å². The monoisotopic (exact) mass is 354 g/mol. The minimum atomic E-state index is -0.479. The number of carbonyl (C=O) groups is 1. The van der Waals surface area contributed by atoms with Crippen LogP contribution in [-0.2, 0) is 0 Å². The van der Waals surface area contributed by atoms with Gasteiger partial charge in [0.15, 0.2) is 17.3 Å². The van der Waals surface area contributed by atoms with Gasteiger partial charge in [-0.15, -0.1) is 0 Å². The quantitative estimate of drug-likeness (QED) is 0.523. The number of aromatic hydroxyl groups is 1. The Kier molecular flexibility index (Phi) is 5.07. The van der Waals surface area contributed by atoms with Gasteiger partial charge in [0.2, 0.25) is 0 Å². The minimum absolute atomic E-state index is 0.00911. The Bertz CT molecular complexity index is 962. The van der Waals surface area contributed by atoms with E-state index in [4.69, 9.17) is 13.9 Å². The second kappa shape index (κ2) is 7.60. The van der Waals surface area contributed by atoms with Crippen molar-refractivity contribution in [2.75, 3.05) is 13.7 Å². The Morgan fingerprint density at radius 1 is 1.27 bits per heavy atom. The second-order valence-electron chi connectivity index (χ2n) is 5.37. The lowest BCUT2D eigenvalue weighted by Gasteiger charge is -2.03. The van der Waals surface area contributed by atoms with E-state index in [1.165, 1.54) is 19.4 Å². The number of amides is 1. The van der Waals surface area contributed by atoms with Gasteiger partial charge in [0.05, 0.1) is 19.9 Å². The van der Waals surface area contributed by atoms with Crippen molar-refractivity contribution in [3.8, 4) is 17.2 Å². The molecule has 7 nitrogen and oxygen atoms in total. The molecule has 0 spiro atoms. The molecule has 0 aliphatic carbocycles. The zero-order chi connectivity index (χ0) is 18.5. The number of phenols is 1. The lowest BCUT2D eigenvalue weighted by Crippen LogP contribution is -2.16. The van der Waals surface area contributed by atoms with E-state index in [0.717, 1.165) is 5.39 Å². The van der Waals surface area contributed by atoms with E-state index in [2.05, 4.69) is 10.5 Å². The van der Waals surface area contributed by atoms with Crippen LogP contribution >= 0.6 is 0 Å². The number of methoxy groups -OCH3 is 1. The molecule has 0 aliphatic rings. The van der Waals surface area contributed by atoms with Crippen molar-refractivity contribution < 1.29 is 23.8 Å². The highest BCUT2D eigenvalue weighted by molar-refractivity contribution is 5.96. The summed E-state index contributed by atoms with van der Waals surface area (Å²) < 4.78 is 15.9. The number of benzene rings is 2. The van der Waals surface area contributed by atoms with Gasteiger partial charge < -0.3 is 19.0 Å². The molecule has 7 heteroatoms. The van der Waals surface area contributed by atoms with Crippen LogP contribution in [0.1, 0.15) is 23.0 Å². The number of nitrogens with one attached hydrogen (secondary N) is 1. The van der Waals surface area contributed by atoms with Crippen molar-refractivity contribution in [3.63, 3.8) is 0 Å². The predicted molar refractivity (Wildman–Crippen MR) is 97.1 cm³/mol. The van der Waals surface area contributed by atoms with Gasteiger partial charge in [-0.05, 0) is 55.0 Å². The van der Waals surface area contributed by atoms with E-state index in [1.54, 1.807) is 30.3 Å². The van der Waals surface area contributed by atoms with Crippen molar-refractivity contribution in [2.45, 2.75) is 6.92 Å². The van der Waals surface area contributed by atoms with E-state index in [1.807, 2.05) is 13.0 Å². The van der Waals surface area contributed by atoms with Crippen LogP contribution in [0.25, 0.3) is 11.0 Å². The van der Waals surface area contributed by atoms with Gasteiger partial charge in [-0.1, -0.05) is 0 Å². The highest BCUT2D eigenvalue weighted by atomic mass is 16.5. The number of phenolic OH excluding ortho intramolecular Hbond substituents is 1. The van der Waals surface area contributed by atoms with E-state index in [-0.39, 0.29) is 11.5 Å². The zero-order valence-electron chi connectivity index (χ0n) is 14.4. The highest BCUT2D eigenvalue weighted by Gasteiger charge is 2.12. The van der Waals surface area contributed by atoms with E-state index in [9.17, 15) is 9.90 Å². The molecule has 3 rings (SSSR count). The van der Waals surface area contributed by atoms with Gasteiger partial charge in [0.25, 0.3) is 0 Å². The topological polar surface area (TPSA) is 93.3 Å². The largest absolute Gasteiger partial charge is 0.504 e. The Hall–Kier alpha value is -3.48. The standard InChI is InChI=1S/C19H18N2O5/c1-3-25-14-5-7-16-13(9-14)10-18(26-16)19(23)21-20-11-12-4-6-17(24-2)15(22)8-12/h4-11,22H,3H2,1-2H3,(H,21,23)/b20-11+. The fourth-order valence-corrected chi connectivity index (χ4v) is 2.40. The van der Waals surface area contributed by atoms with Crippen molar-refractivity contribution in [3.05, 3.63) is 53.8 Å². The SMILES string of the molecule is CCOc1ccc2oc(C(=O)N/N=C/c3ccc(OC)c(O)c3)cc2c1. The third-order valence-corrected chi connectivity index (χ3v) is 3.61. The summed E-state index contributed by atoms with van der Waals surface area (Å²) in [6, 6.07) is 11.7. The first-order valence-electron chi connectivity index (χ1n) is 7.97. The smallest absolute Gasteiger partial charge is 0.307 e. The molecular weight excluding hydrogens is 336 g/mol. The van der Waals surface area contributed by atoms with Crippen molar-refractivity contribution in [1.82, 2.24) is 5.43 Å². The van der Waals surface area contributed by atoms with Crippen molar-refractivity contribution >= 4 is 23.1 Å². The van der Waals surface area contributed by atoms with Crippen LogP contribution < -0.4 is 14.9 Å². The summed E-state index contributed by atoms with van der Waals surface area (Å²) in [7, 11) is 1.47. The zero-order valence-corrected chi connectivity index (χ0v) is 14.4. The molecule has 3 aromatic rings. The van der Waals surface area contributed by atoms with Gasteiger partial charge in [0, 0.05) is 5.39 Å². The molecule has 1 aromatic heterocycles. The molecule has 2 N–H and O–H groups in total. The molecule has 0 bridgehead atoms. The predicted octanol–water partition coefficient (Wildman–Crippen LogP) is 3.31. The van der Waals surface area contributed by atoms with Crippen LogP contribution in [0.5, 0.6) is 17.2 Å². The number of hydrogen-bond acceptors (Lipinski definition) is 6. The number of hydrogen-bond donors (Lipinski definition) is 2. The third-order valence-electron chi connectivity index (χ3n) is 3.61. The molecule has 0 saturated carbocycles. The maximum Gasteiger partial charge on any atom is 0.307 e. The summed E-state index contributed by atoms with van der Waals surface area (Å²) in [5.74, 6) is 0.728. The van der Waals surface area contributed by atoms with Crippen molar-refractivity contribution in [1.29, 1.82) is 0 Å². The van der Waals surface area contributed by atoms with Crippen LogP contribution in [0.3, 0.4) is 0 Å². The fourth-order valence-electron chi connectivity index (χ4n) is 2.40. The molecule has 26 heavy (non-hydrogen) atoms. The van der Waals surface area contributed by atoms with E-state index < -0.39 is 5.91 Å². The number of fused-ring (bicyclic) bond motifs is 1. The summed E-state index contributed by atoms with van der Waals surface area (Å²) in [5, 5.41) is 14.4. The Morgan fingerprint density at radius 3 is 2.85 bits per heavy atom. The van der Waals surface area contributed by atoms with E-state index >= 15 is 0 Å². The van der Waals surface area contributed by atoms with Crippen molar-refractivity contribution in [2.24, 2.45) is 5.10 Å². The molecular formula is C19H18N2O5. The minimum Gasteiger partial charge on any atom is -0.504 e. The number of rotatable bonds is 6. The molecule has 2 aromatic carbocycles. The summed E-state index contributed by atoms with van der Waals surface area (Å²) in [5.41, 5.74) is 3.58. The van der Waals surface area contributed by atoms with Gasteiger partial charge in [-0.2, -0.15) is 5.10 Å². The van der Waals surface area contributed by atoms with Crippen LogP contribution in [0.4, 0.5) is 0 Å². The molecule has 134 valence electrons. The normalized spacial score (nSPS) is 11.0. The Labute approximate surface area is 149 Å². The molecule has 0 radical (unpaired) electrons. The first-order valence-corrected chi connectivity index (χ1v) is 7.97. The maximum atomic E-state index is 12.2. The average Bonchev–Trinajstić information content (AvgIpc) is 3.05. The molecule has 0 atom stereocenters. The maximum absolute atomic E-state index is 12.2. The molecule has 0 unspecified atom stereocenters. The van der Waals surface area contributed by atoms with Gasteiger partial charge >= 0.3 is 5.91 Å². The van der Waals surface area contributed by atoms with Crippen LogP contribution in [0.15, 0.2) is 52.0 Å². The number of ether oxygens (including phenoxy) is 2. The first kappa shape index (κ1) is 17.3. The summed E-state index contributed by atoms with van der Waals surface area (Å²) in [6.45, 7) is 2.46. The summed E-state index contributed by atoms with van der Waals surface area (Å²) in [6.07, 6.45) is 1.41. The van der Waals surface area contributed by atoms with Gasteiger partial charge in [-0.25, -0.2) is 5.43 Å². The average molecular weight is 354 g/mol. The lowest BCUT2D eigenvalue weighted by molar-refractivity contribution is 0.0929. The Balaban J connectivity index is 1.69. The number of nitrogens with zero attached hydrogens (tertiary/aromatic N) is 1. The summed E-state index contributed by atoms with van der Waals surface area (Å²) >= 11 is 0. The lowest BCUT2D eigenvalue weighted by atomic mass is 10.2. The highest BCUT2D eigenvalue weighted by Crippen LogP contribution is 2.26. The molecule has 0 fully saturated rings. The third kappa shape index (κ3) is 3.77. The van der Waals surface area contributed by atoms with Crippen LogP contribution in [0, 0.1) is 0 Å².